The van der Waals surface area contributed by atoms with Crippen LogP contribution < -0.4 is 0 Å². The van der Waals surface area contributed by atoms with Crippen molar-refractivity contribution in [2.75, 3.05) is 0 Å². The third-order valence-electron chi connectivity index (χ3n) is 12.2. The number of hydrogen-bond acceptors (Lipinski definition) is 8. The Kier molecular flexibility index (Phi) is 20.8. The number of aryl methyl sites for hydroxylation is 1. The van der Waals surface area contributed by atoms with Gasteiger partial charge in [-0.3, -0.25) is 14.4 Å². The third kappa shape index (κ3) is 16.7. The van der Waals surface area contributed by atoms with Crippen LogP contribution in [0, 0.1) is 24.2 Å². The maximum Gasteiger partial charge on any atom is 0.309 e. The second-order valence-corrected chi connectivity index (χ2v) is 24.5. The Bertz CT molecular complexity index is 1400. The average Bonchev–Trinajstić information content (AvgIpc) is 3.51. The summed E-state index contributed by atoms with van der Waals surface area (Å²) in [6, 6.07) is 0. The van der Waals surface area contributed by atoms with Gasteiger partial charge in [-0.2, -0.15) is 0 Å². The Morgan fingerprint density at radius 3 is 2.18 bits per heavy atom. The van der Waals surface area contributed by atoms with Crippen LogP contribution in [-0.2, 0) is 28.3 Å². The summed E-state index contributed by atoms with van der Waals surface area (Å²) in [5.41, 5.74) is 1.94. The molecular weight excluding hydrogens is 723 g/mol. The van der Waals surface area contributed by atoms with Gasteiger partial charge in [-0.25, -0.2) is 4.98 Å². The minimum absolute atomic E-state index is 0.0173. The van der Waals surface area contributed by atoms with E-state index in [1.165, 1.54) is 50.5 Å². The Morgan fingerprint density at radius 2 is 1.62 bits per heavy atom. The quantitative estimate of drug-likeness (QED) is 0.0711. The van der Waals surface area contributed by atoms with E-state index in [1.807, 2.05) is 46.1 Å². The lowest BCUT2D eigenvalue weighted by Gasteiger charge is -2.44. The number of thiazole rings is 1. The SMILES string of the molecule is CCCCCCCCCCCCC(=O)O[C@H]1[C@H](C)CCC/C(C)=C\C[C@@H](/C(C)=C/c2csc(C)n2)OC(=O)C[C@H](O[Si](C)(C)C(C)(C)C)C(C)(C)C(=O)[C@@H]1C. The summed E-state index contributed by atoms with van der Waals surface area (Å²) in [4.78, 5) is 46.8. The average molecular weight is 802 g/mol. The topological polar surface area (TPSA) is 91.8 Å². The molecule has 1 aliphatic rings. The molecular formula is C46H79NO6SSi. The molecule has 55 heavy (non-hydrogen) atoms. The van der Waals surface area contributed by atoms with E-state index >= 15 is 0 Å². The zero-order valence-corrected chi connectivity index (χ0v) is 39.1. The van der Waals surface area contributed by atoms with Crippen molar-refractivity contribution in [2.24, 2.45) is 17.3 Å². The standard InChI is InChI=1S/C46H79NO6SSi/c1-14-15-16-17-18-19-20-21-22-23-27-41(48)52-43-34(3)26-24-25-33(2)28-29-39(35(4)30-38-32-54-37(6)47-38)51-42(49)31-40(46(10,11)44(50)36(43)5)53-55(12,13)45(7,8)9/h28,30,32,34,36,39-40,43H,14-27,29,31H2,1-13H3/b33-28-,35-30+/t34-,36-,39+,40+,43+/m1/s1. The number of rotatable bonds is 16. The fraction of sp³-hybridized carbons (Fsp3) is 0.783. The highest BCUT2D eigenvalue weighted by Crippen LogP contribution is 2.42. The van der Waals surface area contributed by atoms with Gasteiger partial charge in [0.15, 0.2) is 8.32 Å². The molecule has 0 bridgehead atoms. The first-order valence-electron chi connectivity index (χ1n) is 21.6. The van der Waals surface area contributed by atoms with E-state index in [1.54, 1.807) is 11.3 Å². The molecule has 0 fully saturated rings. The van der Waals surface area contributed by atoms with Crippen LogP contribution in [0.3, 0.4) is 0 Å². The predicted octanol–water partition coefficient (Wildman–Crippen LogP) is 13.2. The molecule has 0 aromatic carbocycles. The monoisotopic (exact) mass is 802 g/mol. The highest BCUT2D eigenvalue weighted by atomic mass is 32.1. The molecule has 0 aliphatic carbocycles. The summed E-state index contributed by atoms with van der Waals surface area (Å²) < 4.78 is 19.6. The van der Waals surface area contributed by atoms with Crippen molar-refractivity contribution in [1.82, 2.24) is 4.98 Å². The van der Waals surface area contributed by atoms with Gasteiger partial charge in [0.05, 0.1) is 29.1 Å². The lowest BCUT2D eigenvalue weighted by Crippen LogP contribution is -2.53. The Balaban J connectivity index is 2.37. The van der Waals surface area contributed by atoms with Crippen LogP contribution >= 0.6 is 11.3 Å². The molecule has 7 nitrogen and oxygen atoms in total. The van der Waals surface area contributed by atoms with Gasteiger partial charge in [-0.1, -0.05) is 125 Å². The molecule has 0 saturated heterocycles. The van der Waals surface area contributed by atoms with Gasteiger partial charge in [0.2, 0.25) is 0 Å². The van der Waals surface area contributed by atoms with E-state index in [0.29, 0.717) is 12.8 Å². The number of esters is 2. The fourth-order valence-electron chi connectivity index (χ4n) is 7.28. The van der Waals surface area contributed by atoms with Crippen LogP contribution in [0.5, 0.6) is 0 Å². The molecule has 1 aromatic rings. The molecule has 5 atom stereocenters. The second kappa shape index (κ2) is 23.3. The van der Waals surface area contributed by atoms with Crippen LogP contribution in [0.25, 0.3) is 6.08 Å². The smallest absolute Gasteiger partial charge is 0.309 e. The number of aromatic nitrogens is 1. The van der Waals surface area contributed by atoms with E-state index < -0.39 is 43.9 Å². The molecule has 0 unspecified atom stereocenters. The van der Waals surface area contributed by atoms with Crippen molar-refractivity contribution in [3.63, 3.8) is 0 Å². The molecule has 0 saturated carbocycles. The maximum atomic E-state index is 14.8. The third-order valence-corrected chi connectivity index (χ3v) is 17.5. The van der Waals surface area contributed by atoms with Crippen LogP contribution in [0.15, 0.2) is 22.6 Å². The van der Waals surface area contributed by atoms with Gasteiger partial charge in [0.25, 0.3) is 0 Å². The number of allylic oxidation sites excluding steroid dienone is 1. The number of carbonyl (C=O) groups is 3. The largest absolute Gasteiger partial charge is 0.461 e. The normalized spacial score (nSPS) is 24.9. The summed E-state index contributed by atoms with van der Waals surface area (Å²) in [5.74, 6) is -1.26. The first-order chi connectivity index (χ1) is 25.7. The van der Waals surface area contributed by atoms with E-state index in [0.717, 1.165) is 54.8 Å². The summed E-state index contributed by atoms with van der Waals surface area (Å²) in [5, 5.41) is 2.85. The summed E-state index contributed by atoms with van der Waals surface area (Å²) in [6.07, 6.45) is 17.9. The molecule has 0 radical (unpaired) electrons. The van der Waals surface area contributed by atoms with Crippen molar-refractivity contribution < 1.29 is 28.3 Å². The number of nitrogens with zero attached hydrogens (tertiary/aromatic N) is 1. The van der Waals surface area contributed by atoms with Gasteiger partial charge in [0.1, 0.15) is 18.0 Å². The first-order valence-corrected chi connectivity index (χ1v) is 25.3. The minimum Gasteiger partial charge on any atom is -0.461 e. The van der Waals surface area contributed by atoms with E-state index in [4.69, 9.17) is 13.9 Å². The first kappa shape index (κ1) is 49.0. The predicted molar refractivity (Wildman–Crippen MR) is 233 cm³/mol. The van der Waals surface area contributed by atoms with E-state index in [9.17, 15) is 14.4 Å². The molecule has 0 spiro atoms. The van der Waals surface area contributed by atoms with Crippen molar-refractivity contribution in [3.8, 4) is 0 Å². The Hall–Kier alpha value is -2.10. The second-order valence-electron chi connectivity index (χ2n) is 18.6. The Morgan fingerprint density at radius 1 is 1.02 bits per heavy atom. The van der Waals surface area contributed by atoms with Crippen LogP contribution in [0.1, 0.15) is 183 Å². The van der Waals surface area contributed by atoms with Gasteiger partial charge in [-0.05, 0) is 82.2 Å². The van der Waals surface area contributed by atoms with Crippen LogP contribution in [0.4, 0.5) is 0 Å². The molecule has 0 N–H and O–H groups in total. The number of ketones is 1. The lowest BCUT2D eigenvalue weighted by atomic mass is 9.73. The number of Topliss-reactive ketones (excluding diaryl/α,β-unsaturated/α-hetero) is 1. The number of cyclic esters (lactones) is 1. The van der Waals surface area contributed by atoms with E-state index in [2.05, 4.69) is 65.7 Å². The van der Waals surface area contributed by atoms with Gasteiger partial charge < -0.3 is 13.9 Å². The van der Waals surface area contributed by atoms with Gasteiger partial charge in [-0.15, -0.1) is 11.3 Å². The zero-order chi connectivity index (χ0) is 41.4. The number of unbranched alkanes of at least 4 members (excludes halogenated alkanes) is 9. The van der Waals surface area contributed by atoms with Crippen molar-refractivity contribution in [1.29, 1.82) is 0 Å². The molecule has 1 aliphatic heterocycles. The fourth-order valence-corrected chi connectivity index (χ4v) is 9.30. The molecule has 0 amide bonds. The van der Waals surface area contributed by atoms with Crippen LogP contribution in [-0.4, -0.2) is 49.3 Å². The minimum atomic E-state index is -2.45. The van der Waals surface area contributed by atoms with Crippen molar-refractivity contribution in [2.45, 2.75) is 215 Å². The highest BCUT2D eigenvalue weighted by Gasteiger charge is 2.49. The lowest BCUT2D eigenvalue weighted by molar-refractivity contribution is -0.160. The highest BCUT2D eigenvalue weighted by molar-refractivity contribution is 7.09. The van der Waals surface area contributed by atoms with Crippen LogP contribution in [0.2, 0.25) is 18.1 Å². The summed E-state index contributed by atoms with van der Waals surface area (Å²) >= 11 is 1.59. The molecule has 2 heterocycles. The maximum absolute atomic E-state index is 14.8. The molecule has 1 aromatic heterocycles. The number of hydrogen-bond donors (Lipinski definition) is 0. The zero-order valence-electron chi connectivity index (χ0n) is 37.2. The molecule has 314 valence electrons. The van der Waals surface area contributed by atoms with Crippen molar-refractivity contribution in [3.05, 3.63) is 33.3 Å². The van der Waals surface area contributed by atoms with E-state index in [-0.39, 0.29) is 29.1 Å². The van der Waals surface area contributed by atoms with Crippen molar-refractivity contribution >= 4 is 43.5 Å². The summed E-state index contributed by atoms with van der Waals surface area (Å²) in [7, 11) is -2.45. The Labute approximate surface area is 341 Å². The number of ether oxygens (including phenoxy) is 2. The molecule has 2 rings (SSSR count). The molecule has 9 heteroatoms. The van der Waals surface area contributed by atoms with Gasteiger partial charge in [0, 0.05) is 23.6 Å². The van der Waals surface area contributed by atoms with Gasteiger partial charge >= 0.3 is 11.9 Å². The summed E-state index contributed by atoms with van der Waals surface area (Å²) in [6.45, 7) is 26.9. The number of carbonyl (C=O) groups excluding carboxylic acids is 3.